The highest BCUT2D eigenvalue weighted by Crippen LogP contribution is 2.02. The molecule has 0 aliphatic heterocycles. The van der Waals surface area contributed by atoms with E-state index in [1.807, 2.05) is 0 Å². The molecule has 0 saturated heterocycles. The van der Waals surface area contributed by atoms with Gasteiger partial charge in [-0.3, -0.25) is 24.2 Å². The second-order valence-corrected chi connectivity index (χ2v) is 7.21. The zero-order chi connectivity index (χ0) is 25.0. The summed E-state index contributed by atoms with van der Waals surface area (Å²) in [5.74, 6) is -3.67. The van der Waals surface area contributed by atoms with Gasteiger partial charge in [0.2, 0.25) is 17.7 Å². The van der Waals surface area contributed by atoms with E-state index >= 15 is 0 Å². The van der Waals surface area contributed by atoms with Crippen molar-refractivity contribution in [2.45, 2.75) is 50.4 Å². The summed E-state index contributed by atoms with van der Waals surface area (Å²) in [6, 6.07) is -4.79. The number of guanidine groups is 1. The van der Waals surface area contributed by atoms with E-state index in [2.05, 4.69) is 30.9 Å². The van der Waals surface area contributed by atoms with Crippen LogP contribution in [0.1, 0.15) is 25.5 Å². The van der Waals surface area contributed by atoms with Gasteiger partial charge in [0.1, 0.15) is 18.1 Å². The van der Waals surface area contributed by atoms with E-state index in [0.29, 0.717) is 12.1 Å². The maximum absolute atomic E-state index is 12.6. The maximum Gasteiger partial charge on any atom is 0.325 e. The Morgan fingerprint density at radius 3 is 2.30 bits per heavy atom. The molecule has 3 amide bonds. The van der Waals surface area contributed by atoms with Gasteiger partial charge in [-0.25, -0.2) is 4.98 Å². The standard InChI is InChI=1S/C18H31N9O6/c1-9(17(32)33)25-15(30)12(5-10-6-22-8-24-10)26-16(31)13(7-28)27-14(29)11(19)3-2-4-23-18(20)21/h6,8-9,11-13,28H,2-5,7,19H2,1H3,(H,22,24)(H,25,30)(H,26,31)(H,27,29)(H,32,33)(H4,20,21,23). The van der Waals surface area contributed by atoms with E-state index in [4.69, 9.17) is 22.3 Å². The predicted octanol–water partition coefficient (Wildman–Crippen LogP) is -4.12. The first-order chi connectivity index (χ1) is 15.5. The number of carbonyl (C=O) groups excluding carboxylic acids is 3. The topological polar surface area (TPSA) is 264 Å². The van der Waals surface area contributed by atoms with Gasteiger partial charge in [0, 0.05) is 24.9 Å². The number of aromatic nitrogens is 2. The normalized spacial score (nSPS) is 14.3. The number of aliphatic hydroxyl groups excluding tert-OH is 1. The van der Waals surface area contributed by atoms with Crippen molar-refractivity contribution >= 4 is 29.7 Å². The molecule has 0 radical (unpaired) electrons. The molecule has 184 valence electrons. The van der Waals surface area contributed by atoms with Crippen LogP contribution < -0.4 is 33.2 Å². The Morgan fingerprint density at radius 1 is 1.12 bits per heavy atom. The van der Waals surface area contributed by atoms with Gasteiger partial charge in [0.05, 0.1) is 19.0 Å². The maximum atomic E-state index is 12.6. The van der Waals surface area contributed by atoms with Crippen LogP contribution in [-0.4, -0.2) is 87.2 Å². The third-order valence-electron chi connectivity index (χ3n) is 4.46. The zero-order valence-corrected chi connectivity index (χ0v) is 18.2. The molecule has 0 fully saturated rings. The molecular weight excluding hydrogens is 438 g/mol. The summed E-state index contributed by atoms with van der Waals surface area (Å²) in [5.41, 5.74) is 16.7. The fourth-order valence-corrected chi connectivity index (χ4v) is 2.60. The Labute approximate surface area is 189 Å². The number of aromatic amines is 1. The third kappa shape index (κ3) is 9.96. The molecule has 0 saturated carbocycles. The number of aliphatic carboxylic acids is 1. The molecule has 0 spiro atoms. The Morgan fingerprint density at radius 2 is 1.76 bits per heavy atom. The highest BCUT2D eigenvalue weighted by molar-refractivity contribution is 5.94. The first-order valence-electron chi connectivity index (χ1n) is 10.1. The second-order valence-electron chi connectivity index (χ2n) is 7.21. The van der Waals surface area contributed by atoms with Crippen molar-refractivity contribution in [2.75, 3.05) is 13.2 Å². The Kier molecular flexibility index (Phi) is 11.3. The van der Waals surface area contributed by atoms with Crippen LogP contribution in [0.2, 0.25) is 0 Å². The molecule has 33 heavy (non-hydrogen) atoms. The number of hydrogen-bond donors (Lipinski definition) is 9. The summed E-state index contributed by atoms with van der Waals surface area (Å²) < 4.78 is 0. The van der Waals surface area contributed by atoms with Crippen molar-refractivity contribution in [1.29, 1.82) is 0 Å². The van der Waals surface area contributed by atoms with Crippen LogP contribution in [0, 0.1) is 0 Å². The van der Waals surface area contributed by atoms with Crippen molar-refractivity contribution in [3.63, 3.8) is 0 Å². The molecule has 0 bridgehead atoms. The van der Waals surface area contributed by atoms with Crippen LogP contribution in [0.4, 0.5) is 0 Å². The van der Waals surface area contributed by atoms with Crippen molar-refractivity contribution in [1.82, 2.24) is 25.9 Å². The van der Waals surface area contributed by atoms with Gasteiger partial charge in [-0.2, -0.15) is 0 Å². The smallest absolute Gasteiger partial charge is 0.325 e. The molecule has 1 aromatic rings. The largest absolute Gasteiger partial charge is 0.480 e. The number of amides is 3. The number of aliphatic hydroxyl groups is 1. The van der Waals surface area contributed by atoms with Crippen LogP contribution in [0.3, 0.4) is 0 Å². The molecule has 0 aliphatic carbocycles. The fraction of sp³-hybridized carbons (Fsp3) is 0.556. The lowest BCUT2D eigenvalue weighted by Crippen LogP contribution is -2.58. The molecule has 4 unspecified atom stereocenters. The lowest BCUT2D eigenvalue weighted by molar-refractivity contribution is -0.141. The molecule has 15 heteroatoms. The fourth-order valence-electron chi connectivity index (χ4n) is 2.60. The number of aliphatic imine (C=N–C) groups is 1. The number of carboxylic acid groups (broad SMARTS) is 1. The molecule has 1 heterocycles. The van der Waals surface area contributed by atoms with Gasteiger partial charge in [-0.05, 0) is 19.8 Å². The van der Waals surface area contributed by atoms with Gasteiger partial charge < -0.3 is 48.3 Å². The number of nitrogens with one attached hydrogen (secondary N) is 4. The summed E-state index contributed by atoms with van der Waals surface area (Å²) in [7, 11) is 0. The SMILES string of the molecule is CC(NC(=O)C(Cc1cnc[nH]1)NC(=O)C(CO)NC(=O)C(N)CCCN=C(N)N)C(=O)O. The van der Waals surface area contributed by atoms with Gasteiger partial charge >= 0.3 is 5.97 Å². The summed E-state index contributed by atoms with van der Waals surface area (Å²) in [6.45, 7) is 0.773. The Hall–Kier alpha value is -3.72. The van der Waals surface area contributed by atoms with E-state index in [-0.39, 0.29) is 25.3 Å². The summed E-state index contributed by atoms with van der Waals surface area (Å²) in [6.07, 6.45) is 3.40. The van der Waals surface area contributed by atoms with E-state index < -0.39 is 54.5 Å². The van der Waals surface area contributed by atoms with Crippen LogP contribution in [0.5, 0.6) is 0 Å². The average molecular weight is 470 g/mol. The summed E-state index contributed by atoms with van der Waals surface area (Å²) in [5, 5.41) is 25.6. The zero-order valence-electron chi connectivity index (χ0n) is 18.2. The number of hydrogen-bond acceptors (Lipinski definition) is 8. The van der Waals surface area contributed by atoms with Crippen molar-refractivity contribution in [2.24, 2.45) is 22.2 Å². The predicted molar refractivity (Wildman–Crippen MR) is 116 cm³/mol. The van der Waals surface area contributed by atoms with Crippen LogP contribution in [0.25, 0.3) is 0 Å². The molecule has 4 atom stereocenters. The lowest BCUT2D eigenvalue weighted by Gasteiger charge is -2.23. The number of nitrogens with two attached hydrogens (primary N) is 3. The van der Waals surface area contributed by atoms with Crippen molar-refractivity contribution < 1.29 is 29.4 Å². The van der Waals surface area contributed by atoms with Crippen LogP contribution in [0.15, 0.2) is 17.5 Å². The Bertz CT molecular complexity index is 825. The molecule has 1 rings (SSSR count). The average Bonchev–Trinajstić information content (AvgIpc) is 3.26. The molecule has 1 aromatic heterocycles. The first kappa shape index (κ1) is 27.3. The quantitative estimate of drug-likeness (QED) is 0.0721. The molecule has 0 aliphatic rings. The highest BCUT2D eigenvalue weighted by Gasteiger charge is 2.29. The van der Waals surface area contributed by atoms with Gasteiger partial charge in [0.25, 0.3) is 0 Å². The van der Waals surface area contributed by atoms with Gasteiger partial charge in [0.15, 0.2) is 5.96 Å². The van der Waals surface area contributed by atoms with E-state index in [0.717, 1.165) is 0 Å². The van der Waals surface area contributed by atoms with Gasteiger partial charge in [-0.1, -0.05) is 0 Å². The van der Waals surface area contributed by atoms with Gasteiger partial charge in [-0.15, -0.1) is 0 Å². The number of carboxylic acids is 1. The van der Waals surface area contributed by atoms with E-state index in [1.165, 1.54) is 19.4 Å². The molecular formula is C18H31N9O6. The molecule has 15 nitrogen and oxygen atoms in total. The second kappa shape index (κ2) is 13.6. The number of rotatable bonds is 14. The number of H-pyrrole nitrogens is 1. The van der Waals surface area contributed by atoms with Crippen LogP contribution in [-0.2, 0) is 25.6 Å². The van der Waals surface area contributed by atoms with Crippen LogP contribution >= 0.6 is 0 Å². The first-order valence-corrected chi connectivity index (χ1v) is 10.1. The number of nitrogens with zero attached hydrogens (tertiary/aromatic N) is 2. The van der Waals surface area contributed by atoms with Crippen molar-refractivity contribution in [3.05, 3.63) is 18.2 Å². The Balaban J connectivity index is 2.77. The minimum absolute atomic E-state index is 0.0414. The molecule has 0 aromatic carbocycles. The number of imidazole rings is 1. The minimum atomic E-state index is -1.39. The highest BCUT2D eigenvalue weighted by atomic mass is 16.4. The lowest BCUT2D eigenvalue weighted by atomic mass is 10.1. The third-order valence-corrected chi connectivity index (χ3v) is 4.46. The summed E-state index contributed by atoms with van der Waals surface area (Å²) in [4.78, 5) is 58.8. The molecule has 12 N–H and O–H groups in total. The van der Waals surface area contributed by atoms with E-state index in [9.17, 15) is 24.3 Å². The number of carbonyl (C=O) groups is 4. The van der Waals surface area contributed by atoms with Crippen molar-refractivity contribution in [3.8, 4) is 0 Å². The summed E-state index contributed by atoms with van der Waals surface area (Å²) >= 11 is 0. The van der Waals surface area contributed by atoms with E-state index in [1.54, 1.807) is 0 Å². The monoisotopic (exact) mass is 469 g/mol. The minimum Gasteiger partial charge on any atom is -0.480 e.